The van der Waals surface area contributed by atoms with Gasteiger partial charge in [0.05, 0.1) is 0 Å². The first-order valence-electron chi connectivity index (χ1n) is 8.45. The van der Waals surface area contributed by atoms with Gasteiger partial charge >= 0.3 is 5.97 Å². The molecule has 0 heterocycles. The minimum atomic E-state index is -0.649. The van der Waals surface area contributed by atoms with Gasteiger partial charge in [-0.25, -0.2) is 0 Å². The molecule has 2 heteroatoms. The summed E-state index contributed by atoms with van der Waals surface area (Å²) in [5.41, 5.74) is 0. The Kier molecular flexibility index (Phi) is 8.94. The van der Waals surface area contributed by atoms with Crippen LogP contribution in [-0.2, 0) is 4.79 Å². The summed E-state index contributed by atoms with van der Waals surface area (Å²) in [6, 6.07) is 0. The van der Waals surface area contributed by atoms with Crippen molar-refractivity contribution in [2.24, 2.45) is 11.8 Å². The highest BCUT2D eigenvalue weighted by molar-refractivity contribution is 5.66. The molecule has 0 aromatic heterocycles. The molecule has 0 aromatic rings. The van der Waals surface area contributed by atoms with Gasteiger partial charge in [0.15, 0.2) is 0 Å². The maximum absolute atomic E-state index is 10.3. The van der Waals surface area contributed by atoms with Crippen LogP contribution >= 0.6 is 0 Å². The normalized spacial score (nSPS) is 21.5. The van der Waals surface area contributed by atoms with Gasteiger partial charge in [0, 0.05) is 6.42 Å². The topological polar surface area (TPSA) is 37.3 Å². The summed E-state index contributed by atoms with van der Waals surface area (Å²) in [5, 5.41) is 8.53. The largest absolute Gasteiger partial charge is 0.481 e. The Morgan fingerprint density at radius 3 is 2.00 bits per heavy atom. The zero-order valence-electron chi connectivity index (χ0n) is 12.7. The second-order valence-corrected chi connectivity index (χ2v) is 6.31. The van der Waals surface area contributed by atoms with E-state index in [0.717, 1.165) is 24.7 Å². The predicted molar refractivity (Wildman–Crippen MR) is 80.3 cm³/mol. The molecule has 1 aliphatic carbocycles. The van der Waals surface area contributed by atoms with Crippen LogP contribution in [0, 0.1) is 11.8 Å². The fraction of sp³-hybridized carbons (Fsp3) is 0.941. The lowest BCUT2D eigenvalue weighted by Crippen LogP contribution is -1.93. The van der Waals surface area contributed by atoms with Crippen LogP contribution in [-0.4, -0.2) is 11.1 Å². The maximum Gasteiger partial charge on any atom is 0.303 e. The molecule has 0 spiro atoms. The van der Waals surface area contributed by atoms with Crippen molar-refractivity contribution in [2.45, 2.75) is 90.4 Å². The molecule has 1 aliphatic rings. The van der Waals surface area contributed by atoms with Crippen molar-refractivity contribution >= 4 is 5.97 Å². The smallest absolute Gasteiger partial charge is 0.303 e. The number of carbonyl (C=O) groups is 1. The van der Waals surface area contributed by atoms with Crippen LogP contribution in [0.4, 0.5) is 0 Å². The molecule has 1 saturated carbocycles. The SMILES string of the molecule is CCCCCCC1CC1CCCCCCCC(=O)O. The molecule has 2 unspecified atom stereocenters. The van der Waals surface area contributed by atoms with Gasteiger partial charge in [-0.2, -0.15) is 0 Å². The summed E-state index contributed by atoms with van der Waals surface area (Å²) in [6.45, 7) is 2.27. The molecule has 1 rings (SSSR count). The van der Waals surface area contributed by atoms with Gasteiger partial charge in [-0.3, -0.25) is 4.79 Å². The Hall–Kier alpha value is -0.530. The van der Waals surface area contributed by atoms with Crippen molar-refractivity contribution in [3.05, 3.63) is 0 Å². The average molecular weight is 268 g/mol. The van der Waals surface area contributed by atoms with E-state index in [1.54, 1.807) is 0 Å². The Bertz CT molecular complexity index is 237. The average Bonchev–Trinajstić information content (AvgIpc) is 3.12. The lowest BCUT2D eigenvalue weighted by Gasteiger charge is -2.02. The Labute approximate surface area is 119 Å². The van der Waals surface area contributed by atoms with Crippen LogP contribution in [0.2, 0.25) is 0 Å². The quantitative estimate of drug-likeness (QED) is 0.453. The molecule has 0 bridgehead atoms. The second-order valence-electron chi connectivity index (χ2n) is 6.31. The summed E-state index contributed by atoms with van der Waals surface area (Å²) in [7, 11) is 0. The van der Waals surface area contributed by atoms with E-state index in [-0.39, 0.29) is 0 Å². The Morgan fingerprint density at radius 2 is 1.42 bits per heavy atom. The molecule has 1 fully saturated rings. The van der Waals surface area contributed by atoms with E-state index in [0.29, 0.717) is 6.42 Å². The molecule has 2 nitrogen and oxygen atoms in total. The van der Waals surface area contributed by atoms with Gasteiger partial charge in [0.2, 0.25) is 0 Å². The monoisotopic (exact) mass is 268 g/mol. The third kappa shape index (κ3) is 9.07. The molecule has 0 radical (unpaired) electrons. The van der Waals surface area contributed by atoms with Crippen LogP contribution in [0.3, 0.4) is 0 Å². The molecule has 1 N–H and O–H groups in total. The van der Waals surface area contributed by atoms with E-state index in [1.165, 1.54) is 64.2 Å². The van der Waals surface area contributed by atoms with E-state index >= 15 is 0 Å². The Balaban J connectivity index is 1.78. The molecule has 0 aliphatic heterocycles. The van der Waals surface area contributed by atoms with Gasteiger partial charge < -0.3 is 5.11 Å². The summed E-state index contributed by atoms with van der Waals surface area (Å²) < 4.78 is 0. The summed E-state index contributed by atoms with van der Waals surface area (Å²) in [6.07, 6.45) is 16.2. The van der Waals surface area contributed by atoms with Gasteiger partial charge in [-0.05, 0) is 24.7 Å². The molecule has 0 amide bonds. The molecular weight excluding hydrogens is 236 g/mol. The number of unbranched alkanes of at least 4 members (excludes halogenated alkanes) is 7. The van der Waals surface area contributed by atoms with Gasteiger partial charge in [-0.1, -0.05) is 71.1 Å². The number of carboxylic acids is 1. The van der Waals surface area contributed by atoms with Gasteiger partial charge in [0.25, 0.3) is 0 Å². The number of aliphatic carboxylic acids is 1. The third-order valence-electron chi connectivity index (χ3n) is 4.46. The van der Waals surface area contributed by atoms with E-state index in [2.05, 4.69) is 6.92 Å². The van der Waals surface area contributed by atoms with Gasteiger partial charge in [0.1, 0.15) is 0 Å². The van der Waals surface area contributed by atoms with Crippen LogP contribution in [0.1, 0.15) is 90.4 Å². The standard InChI is InChI=1S/C17H32O2/c1-2-3-4-8-11-15-14-16(15)12-9-6-5-7-10-13-17(18)19/h15-16H,2-14H2,1H3,(H,18,19). The number of carboxylic acid groups (broad SMARTS) is 1. The fourth-order valence-corrected chi connectivity index (χ4v) is 3.06. The van der Waals surface area contributed by atoms with Crippen LogP contribution in [0.5, 0.6) is 0 Å². The fourth-order valence-electron chi connectivity index (χ4n) is 3.06. The van der Waals surface area contributed by atoms with Crippen LogP contribution < -0.4 is 0 Å². The zero-order chi connectivity index (χ0) is 13.9. The van der Waals surface area contributed by atoms with E-state index in [4.69, 9.17) is 5.11 Å². The van der Waals surface area contributed by atoms with Crippen molar-refractivity contribution < 1.29 is 9.90 Å². The van der Waals surface area contributed by atoms with Crippen molar-refractivity contribution in [3.63, 3.8) is 0 Å². The lowest BCUT2D eigenvalue weighted by atomic mass is 10.0. The molecule has 112 valence electrons. The molecule has 0 aromatic carbocycles. The van der Waals surface area contributed by atoms with Crippen molar-refractivity contribution in [2.75, 3.05) is 0 Å². The van der Waals surface area contributed by atoms with Gasteiger partial charge in [-0.15, -0.1) is 0 Å². The first-order valence-corrected chi connectivity index (χ1v) is 8.45. The molecule has 19 heavy (non-hydrogen) atoms. The summed E-state index contributed by atoms with van der Waals surface area (Å²) in [5.74, 6) is 1.45. The van der Waals surface area contributed by atoms with E-state index in [1.807, 2.05) is 0 Å². The molecule has 0 saturated heterocycles. The van der Waals surface area contributed by atoms with Crippen LogP contribution in [0.15, 0.2) is 0 Å². The van der Waals surface area contributed by atoms with E-state index < -0.39 is 5.97 Å². The summed E-state index contributed by atoms with van der Waals surface area (Å²) >= 11 is 0. The number of rotatable bonds is 13. The first-order chi connectivity index (χ1) is 9.24. The number of hydrogen-bond donors (Lipinski definition) is 1. The van der Waals surface area contributed by atoms with Crippen molar-refractivity contribution in [1.29, 1.82) is 0 Å². The van der Waals surface area contributed by atoms with Crippen molar-refractivity contribution in [1.82, 2.24) is 0 Å². The maximum atomic E-state index is 10.3. The highest BCUT2D eigenvalue weighted by Crippen LogP contribution is 2.45. The second kappa shape index (κ2) is 10.3. The highest BCUT2D eigenvalue weighted by Gasteiger charge is 2.34. The van der Waals surface area contributed by atoms with Crippen molar-refractivity contribution in [3.8, 4) is 0 Å². The first kappa shape index (κ1) is 16.5. The molecular formula is C17H32O2. The lowest BCUT2D eigenvalue weighted by molar-refractivity contribution is -0.137. The summed E-state index contributed by atoms with van der Waals surface area (Å²) in [4.78, 5) is 10.3. The van der Waals surface area contributed by atoms with Crippen LogP contribution in [0.25, 0.3) is 0 Å². The third-order valence-corrected chi connectivity index (χ3v) is 4.46. The molecule has 2 atom stereocenters. The number of hydrogen-bond acceptors (Lipinski definition) is 1. The predicted octanol–water partition coefficient (Wildman–Crippen LogP) is 5.41. The minimum Gasteiger partial charge on any atom is -0.481 e. The zero-order valence-corrected chi connectivity index (χ0v) is 12.7. The van der Waals surface area contributed by atoms with E-state index in [9.17, 15) is 4.79 Å². The highest BCUT2D eigenvalue weighted by atomic mass is 16.4. The Morgan fingerprint density at radius 1 is 0.895 bits per heavy atom. The minimum absolute atomic E-state index is 0.350.